The molecule has 6 heterocycles. The van der Waals surface area contributed by atoms with E-state index in [1.54, 1.807) is 0 Å². The molecule has 16 atom stereocenters. The van der Waals surface area contributed by atoms with E-state index >= 15 is 14.4 Å². The van der Waals surface area contributed by atoms with E-state index in [-0.39, 0.29) is 41.0 Å². The summed E-state index contributed by atoms with van der Waals surface area (Å²) < 4.78 is 15.3. The van der Waals surface area contributed by atoms with Crippen molar-refractivity contribution in [2.45, 2.75) is 268 Å². The molecule has 6 N–H and O–H groups in total. The topological polar surface area (TPSA) is 182 Å². The summed E-state index contributed by atoms with van der Waals surface area (Å²) in [6.07, 6.45) is 24.9. The molecule has 3 aromatic heterocycles. The highest BCUT2D eigenvalue weighted by Gasteiger charge is 2.80. The quantitative estimate of drug-likeness (QED) is 0.0889. The van der Waals surface area contributed by atoms with Gasteiger partial charge in [-0.3, -0.25) is 14.4 Å². The van der Waals surface area contributed by atoms with Crippen LogP contribution < -0.4 is 5.32 Å². The second-order valence-electron chi connectivity index (χ2n) is 33.3. The van der Waals surface area contributed by atoms with Crippen LogP contribution in [0.2, 0.25) is 0 Å². The van der Waals surface area contributed by atoms with Crippen LogP contribution in [0.15, 0.2) is 47.9 Å². The highest BCUT2D eigenvalue weighted by Crippen LogP contribution is 2.84. The number of nitrogens with one attached hydrogen (secondary N) is 3. The van der Waals surface area contributed by atoms with Crippen molar-refractivity contribution >= 4 is 28.4 Å². The van der Waals surface area contributed by atoms with Crippen molar-refractivity contribution in [3.05, 3.63) is 92.6 Å². The standard InChI is InChI=1S/C75H100N4O8/c1-67(2)66(87-67)54(82)36-68(3)25-19-44-38-78-61-49(56-48-33-45(42-15-11-9-12-16-42)34-51(46(48)17-18-52(56)80)75(85)29-32-86-73(41-75)23-13-10-14-24-73)39-79(62(44)61)40-50-57-59(68)53(81)37-71(57,6)70(5)26-21-55-69(4,28-31-76-8)65(84)58-47-22-30-77-60(47)43-20-27-74(58,35-43)72(55,7)64(70)63(50)83/h22,30,33-34,38-39,42-43,50,54-56,58,63-64,66,76-78,82-83,85H,9-21,23-29,31-32,35-37,40-41H2,1-8H3/t43-,50+,54+,55-,56+,58+,63+,64-,66+,68-,69-,70-,71-,72+,74-,75+/m0/s1. The van der Waals surface area contributed by atoms with Crippen LogP contribution in [0, 0.1) is 50.2 Å². The van der Waals surface area contributed by atoms with E-state index in [4.69, 9.17) is 9.47 Å². The number of Topliss-reactive ketones (excluding diaryl/α,β-unsaturated/α-hetero) is 3. The Morgan fingerprint density at radius 2 is 1.61 bits per heavy atom. The lowest BCUT2D eigenvalue weighted by Crippen LogP contribution is -2.74. The van der Waals surface area contributed by atoms with Crippen molar-refractivity contribution in [3.63, 3.8) is 0 Å². The second-order valence-corrected chi connectivity index (χ2v) is 33.3. The van der Waals surface area contributed by atoms with Crippen LogP contribution >= 0.6 is 0 Å². The summed E-state index contributed by atoms with van der Waals surface area (Å²) in [5, 5.41) is 44.1. The molecule has 0 radical (unpaired) electrons. The molecule has 12 heteroatoms. The molecular formula is C75H100N4O8. The summed E-state index contributed by atoms with van der Waals surface area (Å²) in [6, 6.07) is 7.01. The van der Waals surface area contributed by atoms with Gasteiger partial charge in [0.15, 0.2) is 5.78 Å². The molecule has 16 rings (SSSR count). The van der Waals surface area contributed by atoms with Gasteiger partial charge in [0, 0.05) is 84.4 Å². The number of aryl methyl sites for hydroxylation is 1. The van der Waals surface area contributed by atoms with Gasteiger partial charge in [-0.05, 0) is 208 Å². The zero-order valence-corrected chi connectivity index (χ0v) is 53.7. The maximum Gasteiger partial charge on any atom is 0.160 e. The number of fused-ring (bicyclic) bond motifs is 9. The first kappa shape index (κ1) is 58.0. The smallest absolute Gasteiger partial charge is 0.160 e. The molecule has 8 fully saturated rings. The van der Waals surface area contributed by atoms with Crippen LogP contribution in [0.3, 0.4) is 0 Å². The first-order valence-electron chi connectivity index (χ1n) is 34.9. The summed E-state index contributed by atoms with van der Waals surface area (Å²) in [5.41, 5.74) is 7.55. The van der Waals surface area contributed by atoms with Gasteiger partial charge in [-0.2, -0.15) is 0 Å². The number of aliphatic hydroxyl groups is 3. The molecule has 12 nitrogen and oxygen atoms in total. The van der Waals surface area contributed by atoms with Crippen LogP contribution in [0.25, 0.3) is 11.0 Å². The van der Waals surface area contributed by atoms with Gasteiger partial charge in [0.25, 0.3) is 0 Å². The van der Waals surface area contributed by atoms with Crippen LogP contribution in [0.1, 0.15) is 258 Å². The van der Waals surface area contributed by atoms with E-state index in [0.717, 1.165) is 134 Å². The van der Waals surface area contributed by atoms with Gasteiger partial charge in [-0.25, -0.2) is 0 Å². The minimum Gasteiger partial charge on any atom is -0.392 e. The third-order valence-electron chi connectivity index (χ3n) is 28.8. The molecule has 9 aliphatic carbocycles. The normalized spacial score (nSPS) is 42.1. The highest BCUT2D eigenvalue weighted by atomic mass is 16.6. The lowest BCUT2D eigenvalue weighted by molar-refractivity contribution is -0.267. The average Bonchev–Trinajstić information content (AvgIpc) is 1.10. The zero-order valence-electron chi connectivity index (χ0n) is 53.7. The molecule has 0 amide bonds. The number of allylic oxidation sites excluding steroid dienone is 1. The Bertz CT molecular complexity index is 3550. The molecule has 2 spiro atoms. The van der Waals surface area contributed by atoms with Crippen molar-refractivity contribution in [2.24, 2.45) is 50.2 Å². The number of hydrogen-bond donors (Lipinski definition) is 6. The summed E-state index contributed by atoms with van der Waals surface area (Å²) in [4.78, 5) is 55.2. The summed E-state index contributed by atoms with van der Waals surface area (Å²) in [6.45, 7) is 17.7. The number of ketones is 3. The number of aromatic amines is 2. The van der Waals surface area contributed by atoms with Crippen molar-refractivity contribution in [1.82, 2.24) is 19.9 Å². The number of rotatable bonds is 9. The predicted octanol–water partition coefficient (Wildman–Crippen LogP) is 13.1. The van der Waals surface area contributed by atoms with Crippen LogP contribution in [0.5, 0.6) is 0 Å². The number of H-pyrrole nitrogens is 2. The SMILES string of the molecule is CNCC[C@]1(C)C(=O)[C@H]2c3cc[nH]c3[C@H]3CC[C@@]2(C3)[C@@]2(C)[C@H]3[C@H](O)[C@@H]4Cn5cc([C@@H]6C(=O)CCc7c6cc(C6CCCCC6)cc7[C@@]6(O)CCOC7(CCCCC7)C6)c6[nH]cc(c65)CC[C@@](C)(C[C@@H](O)[C@H]5OC5(C)C)C5=C4[C@](C)(CC5=O)[C@@]3(C)CC[C@H]21. The van der Waals surface area contributed by atoms with Gasteiger partial charge in [0.2, 0.25) is 0 Å². The van der Waals surface area contributed by atoms with Crippen molar-refractivity contribution in [3.8, 4) is 0 Å². The molecule has 2 bridgehead atoms. The number of ether oxygens (including phenoxy) is 2. The molecular weight excluding hydrogens is 1080 g/mol. The summed E-state index contributed by atoms with van der Waals surface area (Å²) in [7, 11) is 2.00. The fourth-order valence-corrected chi connectivity index (χ4v) is 24.6. The lowest BCUT2D eigenvalue weighted by atomic mass is 9.28. The van der Waals surface area contributed by atoms with Crippen molar-refractivity contribution in [2.75, 3.05) is 20.2 Å². The first-order valence-corrected chi connectivity index (χ1v) is 34.9. The monoisotopic (exact) mass is 1180 g/mol. The van der Waals surface area contributed by atoms with E-state index in [2.05, 4.69) is 91.3 Å². The van der Waals surface area contributed by atoms with Gasteiger partial charge in [-0.15, -0.1) is 0 Å². The summed E-state index contributed by atoms with van der Waals surface area (Å²) in [5.74, 6) is -0.206. The maximum absolute atomic E-state index is 16.1. The average molecular weight is 1190 g/mol. The Morgan fingerprint density at radius 3 is 2.37 bits per heavy atom. The third kappa shape index (κ3) is 7.78. The zero-order chi connectivity index (χ0) is 60.4. The molecule has 87 heavy (non-hydrogen) atoms. The molecule has 4 aromatic rings. The van der Waals surface area contributed by atoms with Gasteiger partial charge in [-0.1, -0.05) is 85.3 Å². The van der Waals surface area contributed by atoms with Crippen molar-refractivity contribution < 1.29 is 39.2 Å². The largest absolute Gasteiger partial charge is 0.392 e. The van der Waals surface area contributed by atoms with E-state index in [9.17, 15) is 15.3 Å². The number of benzene rings is 1. The maximum atomic E-state index is 16.1. The van der Waals surface area contributed by atoms with Gasteiger partial charge < -0.3 is 44.6 Å². The molecule has 1 aromatic carbocycles. The van der Waals surface area contributed by atoms with Gasteiger partial charge in [0.1, 0.15) is 17.7 Å². The fourth-order valence-electron chi connectivity index (χ4n) is 24.6. The Labute approximate surface area is 515 Å². The predicted molar refractivity (Wildman–Crippen MR) is 336 cm³/mol. The lowest BCUT2D eigenvalue weighted by Gasteiger charge is -2.76. The number of aromatic nitrogens is 3. The first-order chi connectivity index (χ1) is 41.5. The van der Waals surface area contributed by atoms with Crippen molar-refractivity contribution in [1.29, 1.82) is 0 Å². The number of carbonyl (C=O) groups excluding carboxylic acids is 3. The van der Waals surface area contributed by atoms with Crippen LogP contribution in [-0.2, 0) is 48.8 Å². The third-order valence-corrected chi connectivity index (χ3v) is 28.8. The minimum atomic E-state index is -1.07. The number of hydrogen-bond acceptors (Lipinski definition) is 9. The molecule has 6 saturated carbocycles. The second kappa shape index (κ2) is 19.4. The van der Waals surface area contributed by atoms with Crippen LogP contribution in [0.4, 0.5) is 0 Å². The van der Waals surface area contributed by atoms with Gasteiger partial charge in [0.05, 0.1) is 58.5 Å². The number of carbonyl (C=O) groups is 3. The van der Waals surface area contributed by atoms with E-state index in [0.29, 0.717) is 82.1 Å². The molecule has 0 unspecified atom stereocenters. The molecule has 2 saturated heterocycles. The minimum absolute atomic E-state index is 0.0101. The Balaban J connectivity index is 0.889. The Morgan fingerprint density at radius 1 is 0.839 bits per heavy atom. The van der Waals surface area contributed by atoms with Gasteiger partial charge >= 0.3 is 0 Å². The highest BCUT2D eigenvalue weighted by molar-refractivity contribution is 6.02. The summed E-state index contributed by atoms with van der Waals surface area (Å²) >= 11 is 0. The Hall–Kier alpha value is -4.17. The molecule has 468 valence electrons. The number of nitrogens with zero attached hydrogens (tertiary/aromatic N) is 1. The van der Waals surface area contributed by atoms with E-state index < -0.39 is 67.7 Å². The van der Waals surface area contributed by atoms with E-state index in [1.807, 2.05) is 20.9 Å². The fraction of sp³-hybridized carbons (Fsp3) is 0.720. The van der Waals surface area contributed by atoms with Crippen LogP contribution in [-0.4, -0.2) is 96.9 Å². The number of aliphatic hydroxyl groups excluding tert-OH is 2. The van der Waals surface area contributed by atoms with E-state index in [1.165, 1.54) is 42.5 Å². The Kier molecular flexibility index (Phi) is 13.0. The molecule has 12 aliphatic rings. The molecule has 3 aliphatic heterocycles. The number of epoxide rings is 1.